The van der Waals surface area contributed by atoms with Crippen LogP contribution in [-0.4, -0.2) is 13.2 Å². The summed E-state index contributed by atoms with van der Waals surface area (Å²) in [5.74, 6) is 1.72. The van der Waals surface area contributed by atoms with Gasteiger partial charge in [0.05, 0.1) is 18.8 Å². The second-order valence-electron chi connectivity index (χ2n) is 4.94. The van der Waals surface area contributed by atoms with E-state index in [4.69, 9.17) is 26.3 Å². The Labute approximate surface area is 128 Å². The molecule has 1 unspecified atom stereocenters. The Morgan fingerprint density at radius 2 is 2.14 bits per heavy atom. The Morgan fingerprint density at radius 3 is 3.00 bits per heavy atom. The van der Waals surface area contributed by atoms with Crippen LogP contribution >= 0.6 is 11.6 Å². The monoisotopic (exact) mass is 299 g/mol. The van der Waals surface area contributed by atoms with Crippen LogP contribution in [0.15, 0.2) is 42.5 Å². The topological polar surface area (TPSA) is 42.2 Å². The lowest BCUT2D eigenvalue weighted by atomic mass is 9.94. The molecule has 1 heterocycles. The number of nitriles is 1. The van der Waals surface area contributed by atoms with Gasteiger partial charge in [-0.15, -0.1) is 0 Å². The summed E-state index contributed by atoms with van der Waals surface area (Å²) in [5.41, 5.74) is 1.66. The van der Waals surface area contributed by atoms with Crippen LogP contribution in [0.3, 0.4) is 0 Å². The molecular formula is C17H14ClNO2. The SMILES string of the molecule is N#Cc1ccc(Cl)cc1OCC1CCOc2ccccc21. The number of ether oxygens (including phenoxy) is 2. The first-order valence-electron chi connectivity index (χ1n) is 6.82. The highest BCUT2D eigenvalue weighted by molar-refractivity contribution is 6.30. The first-order chi connectivity index (χ1) is 10.3. The molecule has 1 aliphatic rings. The summed E-state index contributed by atoms with van der Waals surface area (Å²) in [6.45, 7) is 1.20. The second-order valence-corrected chi connectivity index (χ2v) is 5.37. The van der Waals surface area contributed by atoms with Gasteiger partial charge in [0.1, 0.15) is 17.6 Å². The average Bonchev–Trinajstić information content (AvgIpc) is 2.53. The van der Waals surface area contributed by atoms with Gasteiger partial charge in [-0.05, 0) is 24.6 Å². The molecule has 0 N–H and O–H groups in total. The van der Waals surface area contributed by atoms with Gasteiger partial charge in [-0.2, -0.15) is 5.26 Å². The van der Waals surface area contributed by atoms with Crippen molar-refractivity contribution in [3.05, 3.63) is 58.6 Å². The Balaban J connectivity index is 1.78. The maximum Gasteiger partial charge on any atom is 0.138 e. The lowest BCUT2D eigenvalue weighted by Crippen LogP contribution is -2.19. The van der Waals surface area contributed by atoms with Gasteiger partial charge in [0.15, 0.2) is 0 Å². The summed E-state index contributed by atoms with van der Waals surface area (Å²) in [5, 5.41) is 9.68. The van der Waals surface area contributed by atoms with E-state index in [1.54, 1.807) is 18.2 Å². The molecule has 0 radical (unpaired) electrons. The predicted octanol–water partition coefficient (Wildman–Crippen LogP) is 4.16. The van der Waals surface area contributed by atoms with Crippen LogP contribution in [0.5, 0.6) is 11.5 Å². The van der Waals surface area contributed by atoms with Crippen LogP contribution in [0, 0.1) is 11.3 Å². The van der Waals surface area contributed by atoms with Crippen molar-refractivity contribution < 1.29 is 9.47 Å². The van der Waals surface area contributed by atoms with Crippen LogP contribution in [-0.2, 0) is 0 Å². The van der Waals surface area contributed by atoms with Crippen LogP contribution in [0.1, 0.15) is 23.5 Å². The smallest absolute Gasteiger partial charge is 0.138 e. The number of hydrogen-bond donors (Lipinski definition) is 0. The minimum absolute atomic E-state index is 0.264. The van der Waals surface area contributed by atoms with E-state index >= 15 is 0 Å². The van der Waals surface area contributed by atoms with E-state index in [0.717, 1.165) is 17.7 Å². The third-order valence-corrected chi connectivity index (χ3v) is 3.82. The Morgan fingerprint density at radius 1 is 1.29 bits per heavy atom. The molecule has 0 saturated carbocycles. The number of para-hydroxylation sites is 1. The highest BCUT2D eigenvalue weighted by Crippen LogP contribution is 2.34. The van der Waals surface area contributed by atoms with Gasteiger partial charge in [-0.1, -0.05) is 29.8 Å². The van der Waals surface area contributed by atoms with Crippen molar-refractivity contribution in [3.8, 4) is 17.6 Å². The van der Waals surface area contributed by atoms with Crippen LogP contribution in [0.4, 0.5) is 0 Å². The van der Waals surface area contributed by atoms with Crippen molar-refractivity contribution in [1.29, 1.82) is 5.26 Å². The summed E-state index contributed by atoms with van der Waals surface area (Å²) in [6.07, 6.45) is 0.902. The largest absolute Gasteiger partial charge is 0.493 e. The number of halogens is 1. The van der Waals surface area contributed by atoms with Crippen molar-refractivity contribution >= 4 is 11.6 Å². The van der Waals surface area contributed by atoms with E-state index in [9.17, 15) is 0 Å². The predicted molar refractivity (Wildman–Crippen MR) is 81.0 cm³/mol. The lowest BCUT2D eigenvalue weighted by molar-refractivity contribution is 0.217. The molecule has 0 bridgehead atoms. The van der Waals surface area contributed by atoms with E-state index in [-0.39, 0.29) is 5.92 Å². The molecule has 4 heteroatoms. The highest BCUT2D eigenvalue weighted by atomic mass is 35.5. The fraction of sp³-hybridized carbons (Fsp3) is 0.235. The fourth-order valence-corrected chi connectivity index (χ4v) is 2.65. The average molecular weight is 300 g/mol. The normalized spacial score (nSPS) is 16.5. The van der Waals surface area contributed by atoms with Crippen LogP contribution < -0.4 is 9.47 Å². The Bertz CT molecular complexity index is 693. The lowest BCUT2D eigenvalue weighted by Gasteiger charge is -2.26. The summed E-state index contributed by atoms with van der Waals surface area (Å²) >= 11 is 5.97. The fourth-order valence-electron chi connectivity index (χ4n) is 2.49. The standard InChI is InChI=1S/C17H14ClNO2/c18-14-6-5-12(10-19)17(9-14)21-11-13-7-8-20-16-4-2-1-3-15(13)16/h1-6,9,13H,7-8,11H2. The van der Waals surface area contributed by atoms with Crippen molar-refractivity contribution in [1.82, 2.24) is 0 Å². The van der Waals surface area contributed by atoms with E-state index < -0.39 is 0 Å². The molecule has 0 fully saturated rings. The Kier molecular flexibility index (Phi) is 3.98. The molecule has 21 heavy (non-hydrogen) atoms. The minimum atomic E-state index is 0.264. The zero-order valence-corrected chi connectivity index (χ0v) is 12.1. The molecule has 0 spiro atoms. The van der Waals surface area contributed by atoms with Crippen molar-refractivity contribution in [2.45, 2.75) is 12.3 Å². The first-order valence-corrected chi connectivity index (χ1v) is 7.20. The molecule has 0 saturated heterocycles. The molecule has 0 aliphatic carbocycles. The Hall–Kier alpha value is -2.18. The van der Waals surface area contributed by atoms with Gasteiger partial charge in [-0.3, -0.25) is 0 Å². The number of nitrogens with zero attached hydrogens (tertiary/aromatic N) is 1. The van der Waals surface area contributed by atoms with E-state index in [1.807, 2.05) is 18.2 Å². The van der Waals surface area contributed by atoms with Gasteiger partial charge >= 0.3 is 0 Å². The second kappa shape index (κ2) is 6.07. The third-order valence-electron chi connectivity index (χ3n) is 3.59. The van der Waals surface area contributed by atoms with Gasteiger partial charge < -0.3 is 9.47 Å². The molecule has 3 nitrogen and oxygen atoms in total. The maximum absolute atomic E-state index is 9.11. The van der Waals surface area contributed by atoms with Crippen molar-refractivity contribution in [2.75, 3.05) is 13.2 Å². The van der Waals surface area contributed by atoms with Crippen LogP contribution in [0.2, 0.25) is 5.02 Å². The van der Waals surface area contributed by atoms with E-state index in [0.29, 0.717) is 29.5 Å². The molecule has 2 aromatic carbocycles. The zero-order valence-electron chi connectivity index (χ0n) is 11.4. The highest BCUT2D eigenvalue weighted by Gasteiger charge is 2.22. The van der Waals surface area contributed by atoms with Gasteiger partial charge in [-0.25, -0.2) is 0 Å². The summed E-state index contributed by atoms with van der Waals surface area (Å²) in [7, 11) is 0. The maximum atomic E-state index is 9.11. The minimum Gasteiger partial charge on any atom is -0.493 e. The summed E-state index contributed by atoms with van der Waals surface area (Å²) in [4.78, 5) is 0. The number of benzene rings is 2. The molecular weight excluding hydrogens is 286 g/mol. The van der Waals surface area contributed by atoms with E-state index in [2.05, 4.69) is 12.1 Å². The zero-order chi connectivity index (χ0) is 14.7. The molecule has 0 aromatic heterocycles. The molecule has 2 aromatic rings. The van der Waals surface area contributed by atoms with Gasteiger partial charge in [0, 0.05) is 22.6 Å². The van der Waals surface area contributed by atoms with Crippen LogP contribution in [0.25, 0.3) is 0 Å². The van der Waals surface area contributed by atoms with Gasteiger partial charge in [0.2, 0.25) is 0 Å². The summed E-state index contributed by atoms with van der Waals surface area (Å²) < 4.78 is 11.5. The number of hydrogen-bond acceptors (Lipinski definition) is 3. The molecule has 3 rings (SSSR count). The summed E-state index contributed by atoms with van der Waals surface area (Å²) in [6, 6.07) is 15.2. The van der Waals surface area contributed by atoms with Crippen molar-refractivity contribution in [3.63, 3.8) is 0 Å². The quantitative estimate of drug-likeness (QED) is 0.854. The molecule has 1 aliphatic heterocycles. The third kappa shape index (κ3) is 2.96. The molecule has 1 atom stereocenters. The molecule has 0 amide bonds. The molecule has 106 valence electrons. The van der Waals surface area contributed by atoms with Crippen molar-refractivity contribution in [2.24, 2.45) is 0 Å². The van der Waals surface area contributed by atoms with E-state index in [1.165, 1.54) is 0 Å². The van der Waals surface area contributed by atoms with Gasteiger partial charge in [0.25, 0.3) is 0 Å². The number of fused-ring (bicyclic) bond motifs is 1. The first kappa shape index (κ1) is 13.8. The number of rotatable bonds is 3.